The van der Waals surface area contributed by atoms with Crippen LogP contribution in [0.3, 0.4) is 0 Å². The second-order valence-electron chi connectivity index (χ2n) is 5.43. The fourth-order valence-electron chi connectivity index (χ4n) is 2.43. The highest BCUT2D eigenvalue weighted by Gasteiger charge is 2.24. The molecule has 0 saturated carbocycles. The van der Waals surface area contributed by atoms with Crippen molar-refractivity contribution in [2.45, 2.75) is 12.5 Å². The van der Waals surface area contributed by atoms with E-state index in [1.54, 1.807) is 49.6 Å². The SMILES string of the molecule is COC(=O)[C@H](NC(=O)Cc1ccc(OC)cc1OC)c1ccc(Br)cc1. The lowest BCUT2D eigenvalue weighted by atomic mass is 10.1. The average Bonchev–Trinajstić information content (AvgIpc) is 2.66. The van der Waals surface area contributed by atoms with Crippen LogP contribution in [-0.4, -0.2) is 33.2 Å². The molecule has 1 atom stereocenters. The van der Waals surface area contributed by atoms with E-state index in [0.29, 0.717) is 22.6 Å². The number of hydrogen-bond donors (Lipinski definition) is 1. The summed E-state index contributed by atoms with van der Waals surface area (Å²) in [5, 5.41) is 2.72. The molecule has 0 spiro atoms. The van der Waals surface area contributed by atoms with Crippen molar-refractivity contribution < 1.29 is 23.8 Å². The van der Waals surface area contributed by atoms with Crippen LogP contribution in [0.5, 0.6) is 11.5 Å². The maximum atomic E-state index is 12.5. The van der Waals surface area contributed by atoms with Crippen LogP contribution in [0.25, 0.3) is 0 Å². The zero-order chi connectivity index (χ0) is 19.1. The summed E-state index contributed by atoms with van der Waals surface area (Å²) in [5.41, 5.74) is 1.32. The van der Waals surface area contributed by atoms with Crippen molar-refractivity contribution >= 4 is 27.8 Å². The van der Waals surface area contributed by atoms with Crippen molar-refractivity contribution in [2.75, 3.05) is 21.3 Å². The molecule has 0 aliphatic rings. The molecule has 2 aromatic rings. The Bertz CT molecular complexity index is 776. The molecule has 2 rings (SSSR count). The number of rotatable bonds is 7. The van der Waals surface area contributed by atoms with Crippen molar-refractivity contribution in [1.82, 2.24) is 5.32 Å². The summed E-state index contributed by atoms with van der Waals surface area (Å²) in [6, 6.07) is 11.4. The lowest BCUT2D eigenvalue weighted by Crippen LogP contribution is -2.35. The van der Waals surface area contributed by atoms with Crippen LogP contribution in [-0.2, 0) is 20.7 Å². The first-order chi connectivity index (χ1) is 12.5. The number of esters is 1. The molecule has 0 bridgehead atoms. The maximum Gasteiger partial charge on any atom is 0.333 e. The van der Waals surface area contributed by atoms with Gasteiger partial charge in [-0.05, 0) is 23.8 Å². The Kier molecular flexibility index (Phi) is 7.03. The lowest BCUT2D eigenvalue weighted by Gasteiger charge is -2.18. The van der Waals surface area contributed by atoms with E-state index >= 15 is 0 Å². The summed E-state index contributed by atoms with van der Waals surface area (Å²) < 4.78 is 16.1. The highest BCUT2D eigenvalue weighted by molar-refractivity contribution is 9.10. The lowest BCUT2D eigenvalue weighted by molar-refractivity contribution is -0.145. The van der Waals surface area contributed by atoms with E-state index in [4.69, 9.17) is 14.2 Å². The zero-order valence-electron chi connectivity index (χ0n) is 14.7. The second kappa shape index (κ2) is 9.24. The molecule has 0 heterocycles. The van der Waals surface area contributed by atoms with Crippen molar-refractivity contribution in [3.63, 3.8) is 0 Å². The van der Waals surface area contributed by atoms with Crippen LogP contribution in [0.15, 0.2) is 46.9 Å². The van der Waals surface area contributed by atoms with Crippen LogP contribution >= 0.6 is 15.9 Å². The fourth-order valence-corrected chi connectivity index (χ4v) is 2.70. The summed E-state index contributed by atoms with van der Waals surface area (Å²) in [6.07, 6.45) is 0.0528. The molecule has 7 heteroatoms. The van der Waals surface area contributed by atoms with Crippen molar-refractivity contribution in [3.05, 3.63) is 58.1 Å². The van der Waals surface area contributed by atoms with Gasteiger partial charge < -0.3 is 19.5 Å². The average molecular weight is 422 g/mol. The molecule has 2 aromatic carbocycles. The monoisotopic (exact) mass is 421 g/mol. The predicted molar refractivity (Wildman–Crippen MR) is 100 cm³/mol. The van der Waals surface area contributed by atoms with E-state index in [1.807, 2.05) is 0 Å². The number of nitrogens with one attached hydrogen (secondary N) is 1. The molecule has 1 amide bonds. The highest BCUT2D eigenvalue weighted by atomic mass is 79.9. The Morgan fingerprint density at radius 1 is 1.04 bits per heavy atom. The first-order valence-electron chi connectivity index (χ1n) is 7.82. The Labute approximate surface area is 160 Å². The van der Waals surface area contributed by atoms with Gasteiger partial charge in [-0.2, -0.15) is 0 Å². The van der Waals surface area contributed by atoms with Gasteiger partial charge in [-0.25, -0.2) is 4.79 Å². The molecule has 0 aromatic heterocycles. The third-order valence-corrected chi connectivity index (χ3v) is 4.32. The van der Waals surface area contributed by atoms with Gasteiger partial charge >= 0.3 is 5.97 Å². The van der Waals surface area contributed by atoms with E-state index in [-0.39, 0.29) is 12.3 Å². The van der Waals surface area contributed by atoms with E-state index in [0.717, 1.165) is 4.47 Å². The van der Waals surface area contributed by atoms with Gasteiger partial charge in [0, 0.05) is 16.1 Å². The number of benzene rings is 2. The smallest absolute Gasteiger partial charge is 0.333 e. The highest BCUT2D eigenvalue weighted by Crippen LogP contribution is 2.25. The molecule has 138 valence electrons. The van der Waals surface area contributed by atoms with E-state index in [1.165, 1.54) is 14.2 Å². The first kappa shape index (κ1) is 19.8. The van der Waals surface area contributed by atoms with Crippen LogP contribution < -0.4 is 14.8 Å². The summed E-state index contributed by atoms with van der Waals surface area (Å²) in [7, 11) is 4.36. The molecule has 0 aliphatic carbocycles. The number of amides is 1. The molecule has 0 aliphatic heterocycles. The molecular formula is C19H20BrNO5. The van der Waals surface area contributed by atoms with Crippen LogP contribution in [0.4, 0.5) is 0 Å². The summed E-state index contributed by atoms with van der Waals surface area (Å²) >= 11 is 3.34. The van der Waals surface area contributed by atoms with Gasteiger partial charge in [0.1, 0.15) is 11.5 Å². The minimum absolute atomic E-state index is 0.0528. The Morgan fingerprint density at radius 2 is 1.73 bits per heavy atom. The normalized spacial score (nSPS) is 11.4. The first-order valence-corrected chi connectivity index (χ1v) is 8.61. The number of halogens is 1. The maximum absolute atomic E-state index is 12.5. The van der Waals surface area contributed by atoms with E-state index in [9.17, 15) is 9.59 Å². The number of methoxy groups -OCH3 is 3. The van der Waals surface area contributed by atoms with Gasteiger partial charge in [0.05, 0.1) is 27.8 Å². The van der Waals surface area contributed by atoms with Gasteiger partial charge in [0.15, 0.2) is 6.04 Å². The van der Waals surface area contributed by atoms with Gasteiger partial charge in [-0.15, -0.1) is 0 Å². The molecule has 0 fully saturated rings. The van der Waals surface area contributed by atoms with E-state index < -0.39 is 12.0 Å². The van der Waals surface area contributed by atoms with Crippen molar-refractivity contribution in [2.24, 2.45) is 0 Å². The molecule has 0 saturated heterocycles. The number of hydrogen-bond acceptors (Lipinski definition) is 5. The van der Waals surface area contributed by atoms with E-state index in [2.05, 4.69) is 21.2 Å². The van der Waals surface area contributed by atoms with Gasteiger partial charge in [-0.3, -0.25) is 4.79 Å². The zero-order valence-corrected chi connectivity index (χ0v) is 16.3. The minimum atomic E-state index is -0.884. The fraction of sp³-hybridized carbons (Fsp3) is 0.263. The molecule has 1 N–H and O–H groups in total. The molecular weight excluding hydrogens is 402 g/mol. The molecule has 0 unspecified atom stereocenters. The van der Waals surface area contributed by atoms with Crippen LogP contribution in [0.1, 0.15) is 17.2 Å². The third kappa shape index (κ3) is 4.98. The van der Waals surface area contributed by atoms with Crippen LogP contribution in [0.2, 0.25) is 0 Å². The van der Waals surface area contributed by atoms with Crippen molar-refractivity contribution in [1.29, 1.82) is 0 Å². The van der Waals surface area contributed by atoms with Gasteiger partial charge in [0.25, 0.3) is 0 Å². The quantitative estimate of drug-likeness (QED) is 0.695. The topological polar surface area (TPSA) is 73.9 Å². The summed E-state index contributed by atoms with van der Waals surface area (Å²) in [6.45, 7) is 0. The number of carbonyl (C=O) groups excluding carboxylic acids is 2. The van der Waals surface area contributed by atoms with Crippen LogP contribution in [0, 0.1) is 0 Å². The second-order valence-corrected chi connectivity index (χ2v) is 6.35. The third-order valence-electron chi connectivity index (χ3n) is 3.79. The minimum Gasteiger partial charge on any atom is -0.497 e. The number of ether oxygens (including phenoxy) is 3. The molecule has 6 nitrogen and oxygen atoms in total. The Hall–Kier alpha value is -2.54. The predicted octanol–water partition coefficient (Wildman–Crippen LogP) is 3.04. The largest absolute Gasteiger partial charge is 0.497 e. The van der Waals surface area contributed by atoms with Gasteiger partial charge in [-0.1, -0.05) is 34.1 Å². The van der Waals surface area contributed by atoms with Crippen molar-refractivity contribution in [3.8, 4) is 11.5 Å². The molecule has 0 radical (unpaired) electrons. The Morgan fingerprint density at radius 3 is 2.31 bits per heavy atom. The number of carbonyl (C=O) groups is 2. The summed E-state index contributed by atoms with van der Waals surface area (Å²) in [5.74, 6) is 0.306. The molecule has 26 heavy (non-hydrogen) atoms. The Balaban J connectivity index is 2.17. The van der Waals surface area contributed by atoms with Gasteiger partial charge in [0.2, 0.25) is 5.91 Å². The standard InChI is InChI=1S/C19H20BrNO5/c1-24-15-9-6-13(16(11-15)25-2)10-17(22)21-18(19(23)26-3)12-4-7-14(20)8-5-12/h4-9,11,18H,10H2,1-3H3,(H,21,22)/t18-/m1/s1. The summed E-state index contributed by atoms with van der Waals surface area (Å²) in [4.78, 5) is 24.6.